The summed E-state index contributed by atoms with van der Waals surface area (Å²) in [5.41, 5.74) is 2.68. The van der Waals surface area contributed by atoms with Crippen molar-refractivity contribution in [1.82, 2.24) is 14.9 Å². The van der Waals surface area contributed by atoms with Gasteiger partial charge in [-0.3, -0.25) is 14.2 Å². The highest BCUT2D eigenvalue weighted by atomic mass is 32.1. The molecule has 3 aromatic carbocycles. The average molecular weight is 490 g/mol. The largest absolute Gasteiger partial charge is 0.496 e. The van der Waals surface area contributed by atoms with Crippen LogP contribution >= 0.6 is 12.2 Å². The number of aromatic amines is 1. The predicted octanol–water partition coefficient (Wildman–Crippen LogP) is 3.83. The topological polar surface area (TPSA) is 102 Å². The summed E-state index contributed by atoms with van der Waals surface area (Å²) >= 11 is 5.39. The number of esters is 1. The van der Waals surface area contributed by atoms with Crippen LogP contribution in [0, 0.1) is 4.77 Å². The molecule has 0 unspecified atom stereocenters. The molecule has 0 spiro atoms. The van der Waals surface area contributed by atoms with E-state index < -0.39 is 5.97 Å². The van der Waals surface area contributed by atoms with Crippen molar-refractivity contribution in [1.29, 1.82) is 0 Å². The van der Waals surface area contributed by atoms with Gasteiger partial charge in [-0.1, -0.05) is 30.3 Å². The lowest BCUT2D eigenvalue weighted by Crippen LogP contribution is -2.24. The number of methoxy groups -OCH3 is 2. The van der Waals surface area contributed by atoms with Gasteiger partial charge in [-0.05, 0) is 54.2 Å². The van der Waals surface area contributed by atoms with Gasteiger partial charge in [0, 0.05) is 17.7 Å². The molecule has 8 nitrogen and oxygen atoms in total. The highest BCUT2D eigenvalue weighted by Crippen LogP contribution is 2.17. The summed E-state index contributed by atoms with van der Waals surface area (Å²) in [6.07, 6.45) is 0. The number of para-hydroxylation sites is 1. The van der Waals surface area contributed by atoms with E-state index in [9.17, 15) is 14.4 Å². The SMILES string of the molecule is COC(=O)c1ccc2c(=O)n(Cc3ccc(C(=O)NCc4ccccc4OC)cc3)c(=S)[nH]c2c1. The Balaban J connectivity index is 1.50. The summed E-state index contributed by atoms with van der Waals surface area (Å²) in [7, 11) is 2.88. The van der Waals surface area contributed by atoms with E-state index in [1.807, 2.05) is 24.3 Å². The number of rotatable bonds is 7. The minimum Gasteiger partial charge on any atom is -0.496 e. The second kappa shape index (κ2) is 10.4. The number of carbonyl (C=O) groups excluding carboxylic acids is 2. The first-order valence-electron chi connectivity index (χ1n) is 10.8. The minimum atomic E-state index is -0.498. The second-order valence-corrected chi connectivity index (χ2v) is 8.15. The van der Waals surface area contributed by atoms with Crippen LogP contribution in [-0.4, -0.2) is 35.6 Å². The van der Waals surface area contributed by atoms with Gasteiger partial charge in [0.1, 0.15) is 5.75 Å². The molecular formula is C26H23N3O5S. The molecule has 35 heavy (non-hydrogen) atoms. The van der Waals surface area contributed by atoms with E-state index >= 15 is 0 Å². The number of carbonyl (C=O) groups is 2. The molecule has 4 rings (SSSR count). The maximum absolute atomic E-state index is 13.0. The molecule has 0 atom stereocenters. The van der Waals surface area contributed by atoms with Gasteiger partial charge < -0.3 is 19.8 Å². The zero-order valence-corrected chi connectivity index (χ0v) is 20.0. The number of amides is 1. The van der Waals surface area contributed by atoms with E-state index in [-0.39, 0.29) is 22.8 Å². The Bertz CT molecular complexity index is 1520. The molecule has 0 bridgehead atoms. The normalized spacial score (nSPS) is 10.7. The number of hydrogen-bond acceptors (Lipinski definition) is 6. The molecule has 0 saturated heterocycles. The fraction of sp³-hybridized carbons (Fsp3) is 0.154. The summed E-state index contributed by atoms with van der Waals surface area (Å²) in [6.45, 7) is 0.565. The lowest BCUT2D eigenvalue weighted by molar-refractivity contribution is 0.0600. The van der Waals surface area contributed by atoms with Gasteiger partial charge in [0.25, 0.3) is 11.5 Å². The number of fused-ring (bicyclic) bond motifs is 1. The van der Waals surface area contributed by atoms with Crippen LogP contribution in [0.1, 0.15) is 31.8 Å². The lowest BCUT2D eigenvalue weighted by Gasteiger charge is -2.11. The van der Waals surface area contributed by atoms with Gasteiger partial charge in [-0.15, -0.1) is 0 Å². The zero-order valence-electron chi connectivity index (χ0n) is 19.2. The third-order valence-electron chi connectivity index (χ3n) is 5.59. The third-order valence-corrected chi connectivity index (χ3v) is 5.91. The number of nitrogens with one attached hydrogen (secondary N) is 2. The van der Waals surface area contributed by atoms with Crippen molar-refractivity contribution >= 4 is 35.0 Å². The number of H-pyrrole nitrogens is 1. The van der Waals surface area contributed by atoms with E-state index in [0.717, 1.165) is 11.1 Å². The molecule has 0 fully saturated rings. The first-order chi connectivity index (χ1) is 16.9. The Kier molecular flexibility index (Phi) is 7.07. The van der Waals surface area contributed by atoms with E-state index in [4.69, 9.17) is 21.7 Å². The predicted molar refractivity (Wildman–Crippen MR) is 134 cm³/mol. The molecule has 9 heteroatoms. The van der Waals surface area contributed by atoms with Crippen molar-refractivity contribution in [2.75, 3.05) is 14.2 Å². The number of aromatic nitrogens is 2. The lowest BCUT2D eigenvalue weighted by atomic mass is 10.1. The fourth-order valence-corrected chi connectivity index (χ4v) is 3.97. The van der Waals surface area contributed by atoms with Crippen LogP contribution in [0.25, 0.3) is 10.9 Å². The fourth-order valence-electron chi connectivity index (χ4n) is 3.71. The molecule has 2 N–H and O–H groups in total. The van der Waals surface area contributed by atoms with E-state index in [1.165, 1.54) is 17.7 Å². The smallest absolute Gasteiger partial charge is 0.337 e. The average Bonchev–Trinajstić information content (AvgIpc) is 2.89. The summed E-state index contributed by atoms with van der Waals surface area (Å²) in [6, 6.07) is 19.1. The molecule has 0 saturated carbocycles. The Morgan fingerprint density at radius 2 is 1.71 bits per heavy atom. The summed E-state index contributed by atoms with van der Waals surface area (Å²) in [5, 5.41) is 3.29. The third kappa shape index (κ3) is 5.15. The van der Waals surface area contributed by atoms with Gasteiger partial charge in [-0.25, -0.2) is 4.79 Å². The molecular weight excluding hydrogens is 466 g/mol. The Morgan fingerprint density at radius 3 is 2.43 bits per heavy atom. The van der Waals surface area contributed by atoms with Gasteiger partial charge in [0.2, 0.25) is 0 Å². The van der Waals surface area contributed by atoms with Crippen molar-refractivity contribution in [3.8, 4) is 5.75 Å². The van der Waals surface area contributed by atoms with Gasteiger partial charge in [0.05, 0.1) is 37.2 Å². The van der Waals surface area contributed by atoms with Crippen LogP contribution in [0.15, 0.2) is 71.5 Å². The Labute approximate surface area is 206 Å². The minimum absolute atomic E-state index is 0.218. The Morgan fingerprint density at radius 1 is 1.00 bits per heavy atom. The molecule has 1 aromatic heterocycles. The molecule has 0 aliphatic heterocycles. The standard InChI is InChI=1S/C26H23N3O5S/c1-33-22-6-4-3-5-19(22)14-27-23(30)17-9-7-16(8-10-17)15-29-24(31)20-12-11-18(25(32)34-2)13-21(20)28-26(29)35/h3-13H,14-15H2,1-2H3,(H,27,30)(H,28,35). The van der Waals surface area contributed by atoms with Gasteiger partial charge in [-0.2, -0.15) is 0 Å². The molecule has 0 radical (unpaired) electrons. The maximum Gasteiger partial charge on any atom is 0.337 e. The van der Waals surface area contributed by atoms with Gasteiger partial charge in [0.15, 0.2) is 4.77 Å². The van der Waals surface area contributed by atoms with E-state index in [1.54, 1.807) is 43.5 Å². The van der Waals surface area contributed by atoms with Gasteiger partial charge >= 0.3 is 5.97 Å². The number of hydrogen-bond donors (Lipinski definition) is 2. The highest BCUT2D eigenvalue weighted by molar-refractivity contribution is 7.71. The highest BCUT2D eigenvalue weighted by Gasteiger charge is 2.12. The first-order valence-corrected chi connectivity index (χ1v) is 11.2. The van der Waals surface area contributed by atoms with Crippen LogP contribution in [0.2, 0.25) is 0 Å². The molecule has 4 aromatic rings. The molecule has 1 amide bonds. The van der Waals surface area contributed by atoms with Crippen molar-refractivity contribution in [3.05, 3.63) is 104 Å². The van der Waals surface area contributed by atoms with E-state index in [2.05, 4.69) is 10.3 Å². The van der Waals surface area contributed by atoms with Crippen LogP contribution in [-0.2, 0) is 17.8 Å². The van der Waals surface area contributed by atoms with Crippen molar-refractivity contribution in [2.45, 2.75) is 13.1 Å². The summed E-state index contributed by atoms with van der Waals surface area (Å²) < 4.78 is 11.7. The number of benzene rings is 3. The van der Waals surface area contributed by atoms with Crippen LogP contribution in [0.4, 0.5) is 0 Å². The van der Waals surface area contributed by atoms with Crippen LogP contribution in [0.3, 0.4) is 0 Å². The second-order valence-electron chi connectivity index (χ2n) is 7.76. The Hall–Kier alpha value is -4.24. The molecule has 178 valence electrons. The maximum atomic E-state index is 13.0. The summed E-state index contributed by atoms with van der Waals surface area (Å²) in [5.74, 6) is -0.00604. The van der Waals surface area contributed by atoms with Crippen molar-refractivity contribution in [3.63, 3.8) is 0 Å². The number of ether oxygens (including phenoxy) is 2. The van der Waals surface area contributed by atoms with Crippen LogP contribution in [0.5, 0.6) is 5.75 Å². The first kappa shape index (κ1) is 23.9. The van der Waals surface area contributed by atoms with Crippen LogP contribution < -0.4 is 15.6 Å². The monoisotopic (exact) mass is 489 g/mol. The molecule has 0 aliphatic carbocycles. The quantitative estimate of drug-likeness (QED) is 0.302. The summed E-state index contributed by atoms with van der Waals surface area (Å²) in [4.78, 5) is 40.4. The molecule has 0 aliphatic rings. The molecule has 1 heterocycles. The van der Waals surface area contributed by atoms with Crippen molar-refractivity contribution in [2.24, 2.45) is 0 Å². The zero-order chi connectivity index (χ0) is 24.9. The van der Waals surface area contributed by atoms with E-state index in [0.29, 0.717) is 34.3 Å². The van der Waals surface area contributed by atoms with Crippen molar-refractivity contribution < 1.29 is 19.1 Å². The number of nitrogens with zero attached hydrogens (tertiary/aromatic N) is 1.